The standard InChI is InChI=1S/C18H19NO3/c1-19(10-13-5-3-2-4-6-13)11-17-18(22-17)14-7-8-15-16(9-14)21-12-20-15/h2-9,17-18H,10-12H2,1H3. The predicted octanol–water partition coefficient (Wildman–Crippen LogP) is 2.99. The van der Waals surface area contributed by atoms with Gasteiger partial charge in [0, 0.05) is 13.1 Å². The molecule has 2 heterocycles. The van der Waals surface area contributed by atoms with Crippen LogP contribution in [0.5, 0.6) is 11.5 Å². The van der Waals surface area contributed by atoms with Crippen LogP contribution in [0, 0.1) is 0 Å². The molecule has 2 aromatic rings. The molecule has 22 heavy (non-hydrogen) atoms. The number of likely N-dealkylation sites (N-methyl/N-ethyl adjacent to an activating group) is 1. The van der Waals surface area contributed by atoms with Gasteiger partial charge in [-0.3, -0.25) is 4.90 Å². The number of rotatable bonds is 5. The van der Waals surface area contributed by atoms with Crippen molar-refractivity contribution in [3.63, 3.8) is 0 Å². The number of epoxide rings is 1. The number of benzene rings is 2. The van der Waals surface area contributed by atoms with Crippen LogP contribution < -0.4 is 9.47 Å². The third-order valence-electron chi connectivity index (χ3n) is 4.09. The highest BCUT2D eigenvalue weighted by molar-refractivity contribution is 5.45. The third-order valence-corrected chi connectivity index (χ3v) is 4.09. The van der Waals surface area contributed by atoms with Crippen molar-refractivity contribution in [2.45, 2.75) is 18.8 Å². The van der Waals surface area contributed by atoms with Gasteiger partial charge >= 0.3 is 0 Å². The topological polar surface area (TPSA) is 34.2 Å². The normalized spacial score (nSPS) is 22.1. The minimum absolute atomic E-state index is 0.174. The lowest BCUT2D eigenvalue weighted by atomic mass is 10.1. The van der Waals surface area contributed by atoms with Gasteiger partial charge in [0.1, 0.15) is 12.2 Å². The van der Waals surface area contributed by atoms with Crippen LogP contribution in [0.25, 0.3) is 0 Å². The Morgan fingerprint density at radius 3 is 2.73 bits per heavy atom. The monoisotopic (exact) mass is 297 g/mol. The summed E-state index contributed by atoms with van der Waals surface area (Å²) in [5.41, 5.74) is 2.49. The van der Waals surface area contributed by atoms with Gasteiger partial charge in [-0.1, -0.05) is 36.4 Å². The molecule has 4 rings (SSSR count). The van der Waals surface area contributed by atoms with E-state index in [9.17, 15) is 0 Å². The van der Waals surface area contributed by atoms with E-state index in [0.29, 0.717) is 6.79 Å². The maximum Gasteiger partial charge on any atom is 0.231 e. The first-order valence-corrected chi connectivity index (χ1v) is 7.57. The molecule has 0 aromatic heterocycles. The summed E-state index contributed by atoms with van der Waals surface area (Å²) >= 11 is 0. The summed E-state index contributed by atoms with van der Waals surface area (Å²) < 4.78 is 16.6. The molecule has 2 aromatic carbocycles. The summed E-state index contributed by atoms with van der Waals surface area (Å²) in [6, 6.07) is 16.6. The molecule has 0 N–H and O–H groups in total. The molecule has 114 valence electrons. The van der Waals surface area contributed by atoms with Crippen LogP contribution in [0.4, 0.5) is 0 Å². The first-order chi connectivity index (χ1) is 10.8. The minimum atomic E-state index is 0.174. The fourth-order valence-corrected chi connectivity index (χ4v) is 2.93. The van der Waals surface area contributed by atoms with E-state index in [1.54, 1.807) is 0 Å². The SMILES string of the molecule is CN(Cc1ccccc1)CC1OC1c1ccc2c(c1)OCO2. The Morgan fingerprint density at radius 1 is 1.05 bits per heavy atom. The lowest BCUT2D eigenvalue weighted by molar-refractivity contribution is 0.174. The second-order valence-corrected chi connectivity index (χ2v) is 5.89. The number of fused-ring (bicyclic) bond motifs is 1. The van der Waals surface area contributed by atoms with Crippen molar-refractivity contribution in [3.8, 4) is 11.5 Å². The quantitative estimate of drug-likeness (QED) is 0.795. The van der Waals surface area contributed by atoms with Crippen molar-refractivity contribution in [2.75, 3.05) is 20.4 Å². The van der Waals surface area contributed by atoms with Crippen molar-refractivity contribution < 1.29 is 14.2 Å². The predicted molar refractivity (Wildman–Crippen MR) is 83.0 cm³/mol. The maximum atomic E-state index is 5.83. The average molecular weight is 297 g/mol. The molecule has 0 amide bonds. The van der Waals surface area contributed by atoms with Gasteiger partial charge in [0.05, 0.1) is 0 Å². The third kappa shape index (κ3) is 2.80. The van der Waals surface area contributed by atoms with E-state index in [4.69, 9.17) is 14.2 Å². The minimum Gasteiger partial charge on any atom is -0.454 e. The summed E-state index contributed by atoms with van der Waals surface area (Å²) in [6.45, 7) is 2.18. The molecule has 1 fully saturated rings. The van der Waals surface area contributed by atoms with E-state index < -0.39 is 0 Å². The smallest absolute Gasteiger partial charge is 0.231 e. The Balaban J connectivity index is 1.34. The van der Waals surface area contributed by atoms with Crippen molar-refractivity contribution >= 4 is 0 Å². The van der Waals surface area contributed by atoms with Crippen LogP contribution in [0.2, 0.25) is 0 Å². The Bertz CT molecular complexity index is 659. The maximum absolute atomic E-state index is 5.83. The number of nitrogens with zero attached hydrogens (tertiary/aromatic N) is 1. The van der Waals surface area contributed by atoms with Crippen molar-refractivity contribution in [2.24, 2.45) is 0 Å². The molecule has 4 nitrogen and oxygen atoms in total. The Kier molecular flexibility index (Phi) is 3.48. The van der Waals surface area contributed by atoms with Crippen LogP contribution in [0.1, 0.15) is 17.2 Å². The van der Waals surface area contributed by atoms with Crippen LogP contribution >= 0.6 is 0 Å². The molecule has 0 bridgehead atoms. The highest BCUT2D eigenvalue weighted by Crippen LogP contribution is 2.43. The lowest BCUT2D eigenvalue weighted by Gasteiger charge is -2.15. The second kappa shape index (κ2) is 5.63. The molecule has 4 heteroatoms. The van der Waals surface area contributed by atoms with Crippen LogP contribution in [0.3, 0.4) is 0 Å². The molecule has 0 spiro atoms. The summed E-state index contributed by atoms with van der Waals surface area (Å²) in [6.07, 6.45) is 0.432. The van der Waals surface area contributed by atoms with Gasteiger partial charge in [-0.05, 0) is 30.3 Å². The molecule has 2 atom stereocenters. The van der Waals surface area contributed by atoms with Gasteiger partial charge in [-0.15, -0.1) is 0 Å². The summed E-state index contributed by atoms with van der Waals surface area (Å²) in [4.78, 5) is 2.30. The van der Waals surface area contributed by atoms with Crippen molar-refractivity contribution in [1.82, 2.24) is 4.90 Å². The fourth-order valence-electron chi connectivity index (χ4n) is 2.93. The van der Waals surface area contributed by atoms with Crippen LogP contribution in [-0.2, 0) is 11.3 Å². The van der Waals surface area contributed by atoms with E-state index in [1.165, 1.54) is 11.1 Å². The number of ether oxygens (including phenoxy) is 3. The molecule has 2 aliphatic heterocycles. The van der Waals surface area contributed by atoms with E-state index >= 15 is 0 Å². The number of hydrogen-bond acceptors (Lipinski definition) is 4. The molecule has 0 saturated carbocycles. The van der Waals surface area contributed by atoms with E-state index in [1.807, 2.05) is 18.2 Å². The Labute approximate surface area is 130 Å². The molecule has 1 saturated heterocycles. The molecular formula is C18H19NO3. The average Bonchev–Trinajstić information content (AvgIpc) is 3.12. The zero-order valence-corrected chi connectivity index (χ0v) is 12.6. The van der Waals surface area contributed by atoms with Gasteiger partial charge in [0.15, 0.2) is 11.5 Å². The van der Waals surface area contributed by atoms with Crippen LogP contribution in [0.15, 0.2) is 48.5 Å². The first-order valence-electron chi connectivity index (χ1n) is 7.57. The zero-order chi connectivity index (χ0) is 14.9. The summed E-state index contributed by atoms with van der Waals surface area (Å²) in [5.74, 6) is 1.64. The first kappa shape index (κ1) is 13.6. The molecule has 0 aliphatic carbocycles. The molecular weight excluding hydrogens is 278 g/mol. The van der Waals surface area contributed by atoms with E-state index in [-0.39, 0.29) is 12.2 Å². The molecule has 0 radical (unpaired) electrons. The number of hydrogen-bond donors (Lipinski definition) is 0. The van der Waals surface area contributed by atoms with Crippen LogP contribution in [-0.4, -0.2) is 31.4 Å². The van der Waals surface area contributed by atoms with E-state index in [2.05, 4.69) is 42.3 Å². The largest absolute Gasteiger partial charge is 0.454 e. The van der Waals surface area contributed by atoms with Gasteiger partial charge < -0.3 is 14.2 Å². The lowest BCUT2D eigenvalue weighted by Crippen LogP contribution is -2.23. The fraction of sp³-hybridized carbons (Fsp3) is 0.333. The highest BCUT2D eigenvalue weighted by Gasteiger charge is 2.41. The summed E-state index contributed by atoms with van der Waals surface area (Å²) in [7, 11) is 2.13. The van der Waals surface area contributed by atoms with Gasteiger partial charge in [-0.2, -0.15) is 0 Å². The van der Waals surface area contributed by atoms with Gasteiger partial charge in [0.2, 0.25) is 6.79 Å². The van der Waals surface area contributed by atoms with Gasteiger partial charge in [-0.25, -0.2) is 0 Å². The van der Waals surface area contributed by atoms with Crippen molar-refractivity contribution in [1.29, 1.82) is 0 Å². The van der Waals surface area contributed by atoms with E-state index in [0.717, 1.165) is 24.6 Å². The second-order valence-electron chi connectivity index (χ2n) is 5.89. The highest BCUT2D eigenvalue weighted by atomic mass is 16.7. The van der Waals surface area contributed by atoms with Gasteiger partial charge in [0.25, 0.3) is 0 Å². The van der Waals surface area contributed by atoms with Crippen molar-refractivity contribution in [3.05, 3.63) is 59.7 Å². The Hall–Kier alpha value is -2.04. The Morgan fingerprint density at radius 2 is 1.86 bits per heavy atom. The zero-order valence-electron chi connectivity index (χ0n) is 12.6. The molecule has 2 unspecified atom stereocenters. The summed E-state index contributed by atoms with van der Waals surface area (Å²) in [5, 5.41) is 0. The molecule has 2 aliphatic rings.